The second-order valence-electron chi connectivity index (χ2n) is 10.4. The van der Waals surface area contributed by atoms with Crippen LogP contribution in [0.1, 0.15) is 82.1 Å². The smallest absolute Gasteiger partial charge is 0.340 e. The van der Waals surface area contributed by atoms with Crippen molar-refractivity contribution < 1.29 is 18.4 Å². The highest BCUT2D eigenvalue weighted by atomic mass is 31.2. The maximum atomic E-state index is 13.5. The molecule has 0 atom stereocenters. The molecule has 28 heavy (non-hydrogen) atoms. The second kappa shape index (κ2) is 11.7. The third-order valence-electron chi connectivity index (χ3n) is 4.67. The van der Waals surface area contributed by atoms with Gasteiger partial charge in [-0.1, -0.05) is 55.4 Å². The molecule has 6 heteroatoms. The Kier molecular flexibility index (Phi) is 11.6. The molecule has 0 aromatic carbocycles. The molecular formula is C22H46NO4P. The van der Waals surface area contributed by atoms with Crippen molar-refractivity contribution in [3.63, 3.8) is 0 Å². The number of rotatable bonds is 14. The van der Waals surface area contributed by atoms with Crippen molar-refractivity contribution in [2.75, 3.05) is 32.5 Å². The van der Waals surface area contributed by atoms with Gasteiger partial charge in [0.2, 0.25) is 5.91 Å². The zero-order chi connectivity index (χ0) is 22.2. The Morgan fingerprint density at radius 1 is 0.857 bits per heavy atom. The topological polar surface area (TPSA) is 55.8 Å². The molecule has 0 aromatic rings. The number of carbonyl (C=O) groups is 1. The molecule has 1 amide bonds. The molecule has 0 saturated heterocycles. The maximum Gasteiger partial charge on any atom is 0.340 e. The van der Waals surface area contributed by atoms with Crippen LogP contribution in [0.4, 0.5) is 0 Å². The molecule has 0 heterocycles. The normalized spacial score (nSPS) is 13.4. The SMILES string of the molecule is CCN(CC)C(=O)CP(=O)(OCC(C)(C)CC(C)C)OCC(C)(C)CC(C)C. The predicted octanol–water partition coefficient (Wildman–Crippen LogP) is 6.23. The third kappa shape index (κ3) is 11.6. The van der Waals surface area contributed by atoms with E-state index in [0.717, 1.165) is 12.8 Å². The van der Waals surface area contributed by atoms with Crippen molar-refractivity contribution >= 4 is 13.5 Å². The van der Waals surface area contributed by atoms with E-state index in [2.05, 4.69) is 55.4 Å². The van der Waals surface area contributed by atoms with E-state index in [1.807, 2.05) is 13.8 Å². The Bertz CT molecular complexity index is 481. The number of hydrogen-bond donors (Lipinski definition) is 0. The lowest BCUT2D eigenvalue weighted by Crippen LogP contribution is -2.34. The molecule has 5 nitrogen and oxygen atoms in total. The lowest BCUT2D eigenvalue weighted by molar-refractivity contribution is -0.128. The Hall–Kier alpha value is -0.380. The molecule has 0 fully saturated rings. The molecule has 168 valence electrons. The fraction of sp³-hybridized carbons (Fsp3) is 0.955. The summed E-state index contributed by atoms with van der Waals surface area (Å²) in [6.45, 7) is 22.7. The summed E-state index contributed by atoms with van der Waals surface area (Å²) < 4.78 is 25.3. The first kappa shape index (κ1) is 27.6. The summed E-state index contributed by atoms with van der Waals surface area (Å²) in [5.41, 5.74) is -0.252. The highest BCUT2D eigenvalue weighted by Crippen LogP contribution is 2.51. The van der Waals surface area contributed by atoms with Crippen molar-refractivity contribution in [1.82, 2.24) is 4.90 Å². The molecule has 0 spiro atoms. The first-order chi connectivity index (χ1) is 12.7. The second-order valence-corrected chi connectivity index (χ2v) is 12.5. The molecule has 0 aliphatic rings. The van der Waals surface area contributed by atoms with Gasteiger partial charge >= 0.3 is 7.60 Å². The van der Waals surface area contributed by atoms with Crippen LogP contribution in [0.2, 0.25) is 0 Å². The lowest BCUT2D eigenvalue weighted by Gasteiger charge is -2.32. The first-order valence-corrected chi connectivity index (χ1v) is 12.5. The summed E-state index contributed by atoms with van der Waals surface area (Å²) in [6, 6.07) is 0. The van der Waals surface area contributed by atoms with Crippen LogP contribution in [0.15, 0.2) is 0 Å². The van der Waals surface area contributed by atoms with Crippen LogP contribution >= 0.6 is 7.60 Å². The number of amides is 1. The van der Waals surface area contributed by atoms with Crippen LogP contribution in [0.25, 0.3) is 0 Å². The first-order valence-electron chi connectivity index (χ1n) is 10.8. The highest BCUT2D eigenvalue weighted by molar-refractivity contribution is 7.54. The van der Waals surface area contributed by atoms with Gasteiger partial charge in [0.25, 0.3) is 0 Å². The van der Waals surface area contributed by atoms with Gasteiger partial charge in [0.15, 0.2) is 0 Å². The van der Waals surface area contributed by atoms with Crippen molar-refractivity contribution in [2.45, 2.75) is 82.1 Å². The highest BCUT2D eigenvalue weighted by Gasteiger charge is 2.35. The van der Waals surface area contributed by atoms with Gasteiger partial charge in [0.05, 0.1) is 13.2 Å². The monoisotopic (exact) mass is 419 g/mol. The van der Waals surface area contributed by atoms with Crippen LogP contribution in [0.3, 0.4) is 0 Å². The summed E-state index contributed by atoms with van der Waals surface area (Å²) in [5, 5.41) is 0. The minimum atomic E-state index is -3.53. The zero-order valence-electron chi connectivity index (χ0n) is 20.1. The largest absolute Gasteiger partial charge is 0.343 e. The average Bonchev–Trinajstić information content (AvgIpc) is 2.50. The van der Waals surface area contributed by atoms with Gasteiger partial charge in [-0.2, -0.15) is 0 Å². The minimum Gasteiger partial charge on any atom is -0.343 e. The van der Waals surface area contributed by atoms with E-state index in [9.17, 15) is 9.36 Å². The average molecular weight is 420 g/mol. The molecule has 0 aliphatic heterocycles. The molecular weight excluding hydrogens is 373 g/mol. The molecule has 0 aromatic heterocycles. The third-order valence-corrected chi connectivity index (χ3v) is 6.37. The van der Waals surface area contributed by atoms with Crippen LogP contribution in [0.5, 0.6) is 0 Å². The fourth-order valence-electron chi connectivity index (χ4n) is 3.84. The molecule has 0 aliphatic carbocycles. The van der Waals surface area contributed by atoms with E-state index in [0.29, 0.717) is 38.1 Å². The van der Waals surface area contributed by atoms with Gasteiger partial charge in [-0.3, -0.25) is 9.36 Å². The van der Waals surface area contributed by atoms with Crippen LogP contribution in [-0.2, 0) is 18.4 Å². The van der Waals surface area contributed by atoms with Gasteiger partial charge in [0.1, 0.15) is 6.16 Å². The Morgan fingerprint density at radius 3 is 1.50 bits per heavy atom. The lowest BCUT2D eigenvalue weighted by atomic mass is 9.85. The van der Waals surface area contributed by atoms with E-state index >= 15 is 0 Å². The predicted molar refractivity (Wildman–Crippen MR) is 119 cm³/mol. The van der Waals surface area contributed by atoms with E-state index in [1.54, 1.807) is 4.90 Å². The summed E-state index contributed by atoms with van der Waals surface area (Å²) in [7, 11) is -3.53. The van der Waals surface area contributed by atoms with E-state index < -0.39 is 7.60 Å². The van der Waals surface area contributed by atoms with Gasteiger partial charge in [-0.25, -0.2) is 0 Å². The van der Waals surface area contributed by atoms with Crippen molar-refractivity contribution in [2.24, 2.45) is 22.7 Å². The van der Waals surface area contributed by atoms with Crippen LogP contribution in [0, 0.1) is 22.7 Å². The van der Waals surface area contributed by atoms with Crippen molar-refractivity contribution in [3.8, 4) is 0 Å². The van der Waals surface area contributed by atoms with Crippen LogP contribution < -0.4 is 0 Å². The summed E-state index contributed by atoms with van der Waals surface area (Å²) in [6.07, 6.45) is 1.72. The molecule has 0 unspecified atom stereocenters. The summed E-state index contributed by atoms with van der Waals surface area (Å²) >= 11 is 0. The number of nitrogens with zero attached hydrogens (tertiary/aromatic N) is 1. The van der Waals surface area contributed by atoms with E-state index in [1.165, 1.54) is 0 Å². The van der Waals surface area contributed by atoms with Crippen molar-refractivity contribution in [3.05, 3.63) is 0 Å². The summed E-state index contributed by atoms with van der Waals surface area (Å²) in [5.74, 6) is 0.860. The van der Waals surface area contributed by atoms with Gasteiger partial charge in [-0.05, 0) is 49.4 Å². The molecule has 0 saturated carbocycles. The van der Waals surface area contributed by atoms with E-state index in [-0.39, 0.29) is 22.9 Å². The van der Waals surface area contributed by atoms with Crippen LogP contribution in [-0.4, -0.2) is 43.3 Å². The summed E-state index contributed by atoms with van der Waals surface area (Å²) in [4.78, 5) is 14.3. The van der Waals surface area contributed by atoms with Gasteiger partial charge in [0, 0.05) is 13.1 Å². The van der Waals surface area contributed by atoms with Gasteiger partial charge in [-0.15, -0.1) is 0 Å². The number of carbonyl (C=O) groups excluding carboxylic acids is 1. The molecule has 0 radical (unpaired) electrons. The van der Waals surface area contributed by atoms with E-state index in [4.69, 9.17) is 9.05 Å². The Morgan fingerprint density at radius 2 is 1.21 bits per heavy atom. The Labute approximate surface area is 174 Å². The Balaban J connectivity index is 5.29. The van der Waals surface area contributed by atoms with Crippen molar-refractivity contribution in [1.29, 1.82) is 0 Å². The number of hydrogen-bond acceptors (Lipinski definition) is 4. The zero-order valence-corrected chi connectivity index (χ0v) is 21.0. The van der Waals surface area contributed by atoms with Gasteiger partial charge < -0.3 is 13.9 Å². The maximum absolute atomic E-state index is 13.5. The standard InChI is InChI=1S/C22H46NO4P/c1-11-23(12-2)20(24)15-28(25,26-16-21(7,8)13-18(3)4)27-17-22(9,10)14-19(5)6/h18-19H,11-17H2,1-10H3. The molecule has 0 bridgehead atoms. The quantitative estimate of drug-likeness (QED) is 0.313. The molecule has 0 N–H and O–H groups in total. The molecule has 0 rings (SSSR count). The minimum absolute atomic E-state index is 0.126. The fourth-order valence-corrected chi connectivity index (χ4v) is 5.73.